The summed E-state index contributed by atoms with van der Waals surface area (Å²) in [5, 5.41) is 0. The topological polar surface area (TPSA) is 18.5 Å². The van der Waals surface area contributed by atoms with Crippen molar-refractivity contribution in [3.05, 3.63) is 64.7 Å². The first-order valence-electron chi connectivity index (χ1n) is 10.5. The zero-order valence-electron chi connectivity index (χ0n) is 17.6. The standard InChI is InChI=1S/C24H24F6O2/c1-2-6-31-7-5-14-3-4-22(32-13-14)15-8-20(27)24(21(28)9-15)16-10-18(25)17(12-23(29)30)19(26)11-16/h8-12,14,22H,2-7,13H2,1H3. The largest absolute Gasteiger partial charge is 0.381 e. The third-order valence-corrected chi connectivity index (χ3v) is 5.45. The minimum Gasteiger partial charge on any atom is -0.381 e. The number of halogens is 6. The molecule has 2 aromatic carbocycles. The minimum atomic E-state index is -2.29. The van der Waals surface area contributed by atoms with E-state index < -0.39 is 52.1 Å². The number of hydrogen-bond donors (Lipinski definition) is 0. The Morgan fingerprint density at radius 3 is 2.16 bits per heavy atom. The molecule has 0 saturated carbocycles. The Balaban J connectivity index is 1.75. The Morgan fingerprint density at radius 1 is 0.969 bits per heavy atom. The summed E-state index contributed by atoms with van der Waals surface area (Å²) in [5.74, 6) is -4.42. The molecule has 1 aliphatic heterocycles. The normalized spacial score (nSPS) is 18.6. The quantitative estimate of drug-likeness (QED) is 0.303. The summed E-state index contributed by atoms with van der Waals surface area (Å²) < 4.78 is 93.6. The Hall–Kier alpha value is -2.32. The molecule has 1 fully saturated rings. The van der Waals surface area contributed by atoms with Crippen molar-refractivity contribution in [1.82, 2.24) is 0 Å². The predicted molar refractivity (Wildman–Crippen MR) is 109 cm³/mol. The van der Waals surface area contributed by atoms with Gasteiger partial charge in [0.2, 0.25) is 0 Å². The van der Waals surface area contributed by atoms with E-state index in [4.69, 9.17) is 9.47 Å². The molecule has 32 heavy (non-hydrogen) atoms. The van der Waals surface area contributed by atoms with Gasteiger partial charge >= 0.3 is 0 Å². The van der Waals surface area contributed by atoms with Crippen molar-refractivity contribution in [1.29, 1.82) is 0 Å². The molecule has 3 rings (SSSR count). The first kappa shape index (κ1) is 24.3. The van der Waals surface area contributed by atoms with E-state index in [-0.39, 0.29) is 6.08 Å². The van der Waals surface area contributed by atoms with Crippen LogP contribution in [0.1, 0.15) is 49.8 Å². The summed E-state index contributed by atoms with van der Waals surface area (Å²) in [6.45, 7) is 3.83. The van der Waals surface area contributed by atoms with Crippen molar-refractivity contribution < 1.29 is 35.8 Å². The predicted octanol–water partition coefficient (Wildman–Crippen LogP) is 7.43. The van der Waals surface area contributed by atoms with E-state index in [9.17, 15) is 26.3 Å². The van der Waals surface area contributed by atoms with Crippen LogP contribution in [0.3, 0.4) is 0 Å². The fourth-order valence-electron chi connectivity index (χ4n) is 3.82. The zero-order chi connectivity index (χ0) is 23.3. The van der Waals surface area contributed by atoms with Crippen LogP contribution in [0.15, 0.2) is 30.3 Å². The van der Waals surface area contributed by atoms with Gasteiger partial charge in [0.05, 0.1) is 23.8 Å². The van der Waals surface area contributed by atoms with Crippen LogP contribution >= 0.6 is 0 Å². The summed E-state index contributed by atoms with van der Waals surface area (Å²) in [7, 11) is 0. The van der Waals surface area contributed by atoms with Crippen LogP contribution in [0.25, 0.3) is 17.2 Å². The van der Waals surface area contributed by atoms with Gasteiger partial charge in [-0.05, 0) is 67.0 Å². The van der Waals surface area contributed by atoms with Crippen LogP contribution in [0.2, 0.25) is 0 Å². The van der Waals surface area contributed by atoms with E-state index in [1.807, 2.05) is 6.92 Å². The summed E-state index contributed by atoms with van der Waals surface area (Å²) in [6, 6.07) is 3.42. The molecule has 0 spiro atoms. The summed E-state index contributed by atoms with van der Waals surface area (Å²) in [4.78, 5) is 0. The highest BCUT2D eigenvalue weighted by atomic mass is 19.3. The highest BCUT2D eigenvalue weighted by Crippen LogP contribution is 2.36. The van der Waals surface area contributed by atoms with Crippen molar-refractivity contribution in [2.75, 3.05) is 19.8 Å². The highest BCUT2D eigenvalue weighted by Gasteiger charge is 2.25. The van der Waals surface area contributed by atoms with Gasteiger partial charge in [0.15, 0.2) is 0 Å². The van der Waals surface area contributed by atoms with Crippen LogP contribution in [-0.4, -0.2) is 19.8 Å². The van der Waals surface area contributed by atoms with Gasteiger partial charge in [-0.1, -0.05) is 6.92 Å². The van der Waals surface area contributed by atoms with Gasteiger partial charge < -0.3 is 9.47 Å². The lowest BCUT2D eigenvalue weighted by Gasteiger charge is -2.29. The molecule has 2 nitrogen and oxygen atoms in total. The average Bonchev–Trinajstić information content (AvgIpc) is 2.73. The Bertz CT molecular complexity index is 917. The maximum absolute atomic E-state index is 14.8. The maximum atomic E-state index is 14.8. The van der Waals surface area contributed by atoms with Gasteiger partial charge in [-0.3, -0.25) is 0 Å². The van der Waals surface area contributed by atoms with Crippen LogP contribution in [0, 0.1) is 29.2 Å². The number of ether oxygens (including phenoxy) is 2. The van der Waals surface area contributed by atoms with Crippen molar-refractivity contribution in [2.45, 2.75) is 38.7 Å². The monoisotopic (exact) mass is 458 g/mol. The van der Waals surface area contributed by atoms with Gasteiger partial charge in [0.1, 0.15) is 23.3 Å². The third-order valence-electron chi connectivity index (χ3n) is 5.45. The van der Waals surface area contributed by atoms with E-state index in [0.717, 1.165) is 31.4 Å². The van der Waals surface area contributed by atoms with Gasteiger partial charge in [0, 0.05) is 19.3 Å². The molecule has 0 amide bonds. The minimum absolute atomic E-state index is 0.0217. The van der Waals surface area contributed by atoms with Crippen molar-refractivity contribution in [3.8, 4) is 11.1 Å². The van der Waals surface area contributed by atoms with E-state index in [0.29, 0.717) is 49.9 Å². The lowest BCUT2D eigenvalue weighted by molar-refractivity contribution is -0.0267. The Kier molecular flexibility index (Phi) is 8.37. The molecule has 2 atom stereocenters. The van der Waals surface area contributed by atoms with E-state index in [1.54, 1.807) is 0 Å². The smallest absolute Gasteiger partial charge is 0.271 e. The zero-order valence-corrected chi connectivity index (χ0v) is 17.6. The molecule has 174 valence electrons. The second-order valence-corrected chi connectivity index (χ2v) is 7.81. The molecule has 1 heterocycles. The van der Waals surface area contributed by atoms with Crippen molar-refractivity contribution >= 4 is 6.08 Å². The molecule has 8 heteroatoms. The highest BCUT2D eigenvalue weighted by molar-refractivity contribution is 5.68. The molecule has 0 radical (unpaired) electrons. The van der Waals surface area contributed by atoms with Gasteiger partial charge in [-0.25, -0.2) is 17.6 Å². The summed E-state index contributed by atoms with van der Waals surface area (Å²) in [5.41, 5.74) is -1.74. The van der Waals surface area contributed by atoms with Crippen molar-refractivity contribution in [3.63, 3.8) is 0 Å². The van der Waals surface area contributed by atoms with Gasteiger partial charge in [0.25, 0.3) is 6.08 Å². The molecular formula is C24H24F6O2. The molecule has 1 saturated heterocycles. The molecule has 0 N–H and O–H groups in total. The molecule has 0 aromatic heterocycles. The summed E-state index contributed by atoms with van der Waals surface area (Å²) >= 11 is 0. The van der Waals surface area contributed by atoms with Crippen molar-refractivity contribution in [2.24, 2.45) is 5.92 Å². The van der Waals surface area contributed by atoms with Crippen LogP contribution in [0.4, 0.5) is 26.3 Å². The second-order valence-electron chi connectivity index (χ2n) is 7.81. The Morgan fingerprint density at radius 2 is 1.62 bits per heavy atom. The van der Waals surface area contributed by atoms with E-state index >= 15 is 0 Å². The maximum Gasteiger partial charge on any atom is 0.271 e. The lowest BCUT2D eigenvalue weighted by atomic mass is 9.91. The fraction of sp³-hybridized carbons (Fsp3) is 0.417. The first-order valence-corrected chi connectivity index (χ1v) is 10.5. The number of rotatable bonds is 8. The average molecular weight is 458 g/mol. The summed E-state index contributed by atoms with van der Waals surface area (Å²) in [6.07, 6.45) is 0.441. The molecule has 1 aliphatic rings. The van der Waals surface area contributed by atoms with E-state index in [2.05, 4.69) is 0 Å². The van der Waals surface area contributed by atoms with Crippen LogP contribution < -0.4 is 0 Å². The number of hydrogen-bond acceptors (Lipinski definition) is 2. The van der Waals surface area contributed by atoms with Crippen LogP contribution in [0.5, 0.6) is 0 Å². The number of benzene rings is 2. The fourth-order valence-corrected chi connectivity index (χ4v) is 3.82. The van der Waals surface area contributed by atoms with Crippen LogP contribution in [-0.2, 0) is 9.47 Å². The molecular weight excluding hydrogens is 434 g/mol. The molecule has 0 aliphatic carbocycles. The second kappa shape index (κ2) is 11.0. The lowest BCUT2D eigenvalue weighted by Crippen LogP contribution is -2.22. The van der Waals surface area contributed by atoms with Gasteiger partial charge in [-0.2, -0.15) is 8.78 Å². The van der Waals surface area contributed by atoms with Gasteiger partial charge in [-0.15, -0.1) is 0 Å². The third kappa shape index (κ3) is 5.92. The Labute approximate surface area is 182 Å². The SMILES string of the molecule is CCCOCCC1CCC(c2cc(F)c(-c3cc(F)c(C=C(F)F)c(F)c3)c(F)c2)OC1. The first-order chi connectivity index (χ1) is 15.3. The molecule has 2 aromatic rings. The van der Waals surface area contributed by atoms with E-state index in [1.165, 1.54) is 0 Å². The molecule has 2 unspecified atom stereocenters. The molecule has 0 bridgehead atoms.